The minimum atomic E-state index is -0.518. The number of carbonyl (C=O) groups excluding carboxylic acids is 1. The van der Waals surface area contributed by atoms with Crippen LogP contribution in [0.5, 0.6) is 0 Å². The molecular weight excluding hydrogens is 324 g/mol. The summed E-state index contributed by atoms with van der Waals surface area (Å²) in [6.45, 7) is 0. The van der Waals surface area contributed by atoms with Crippen molar-refractivity contribution in [1.82, 2.24) is 4.98 Å². The number of nitrogens with one attached hydrogen (secondary N) is 2. The summed E-state index contributed by atoms with van der Waals surface area (Å²) in [4.78, 5) is 25.7. The summed E-state index contributed by atoms with van der Waals surface area (Å²) in [6.07, 6.45) is 0. The molecule has 3 rings (SSSR count). The van der Waals surface area contributed by atoms with Crippen molar-refractivity contribution in [2.45, 2.75) is 0 Å². The van der Waals surface area contributed by atoms with E-state index in [1.165, 1.54) is 0 Å². The highest BCUT2D eigenvalue weighted by Gasteiger charge is 2.08. The predicted molar refractivity (Wildman–Crippen MR) is 78.9 cm³/mol. The van der Waals surface area contributed by atoms with Gasteiger partial charge in [-0.25, -0.2) is 4.79 Å². The number of amides is 1. The van der Waals surface area contributed by atoms with E-state index in [2.05, 4.69) is 26.2 Å². The molecule has 0 atom stereocenters. The number of rotatable bonds is 2. The molecule has 0 aliphatic carbocycles. The van der Waals surface area contributed by atoms with Crippen LogP contribution in [-0.4, -0.2) is 10.9 Å². The third kappa shape index (κ3) is 2.50. The van der Waals surface area contributed by atoms with Gasteiger partial charge in [-0.1, -0.05) is 22.0 Å². The van der Waals surface area contributed by atoms with Crippen LogP contribution in [0.4, 0.5) is 5.69 Å². The second-order valence-electron chi connectivity index (χ2n) is 4.19. The van der Waals surface area contributed by atoms with E-state index in [9.17, 15) is 9.59 Å². The Balaban J connectivity index is 1.88. The lowest BCUT2D eigenvalue weighted by Crippen LogP contribution is -2.11. The lowest BCUT2D eigenvalue weighted by molar-refractivity contribution is 0.102. The third-order valence-electron chi connectivity index (χ3n) is 2.76. The van der Waals surface area contributed by atoms with Crippen molar-refractivity contribution >= 4 is 38.6 Å². The lowest BCUT2D eigenvalue weighted by atomic mass is 10.2. The van der Waals surface area contributed by atoms with Gasteiger partial charge in [0.25, 0.3) is 5.91 Å². The predicted octanol–water partition coefficient (Wildman–Crippen LogP) is 3.14. The molecular formula is C14H9BrN2O3. The molecule has 0 bridgehead atoms. The first kappa shape index (κ1) is 12.7. The molecule has 6 heteroatoms. The zero-order valence-electron chi connectivity index (χ0n) is 10.1. The van der Waals surface area contributed by atoms with Crippen LogP contribution >= 0.6 is 15.9 Å². The molecule has 1 amide bonds. The van der Waals surface area contributed by atoms with E-state index in [0.717, 1.165) is 4.47 Å². The molecule has 0 aliphatic rings. The average Bonchev–Trinajstić information content (AvgIpc) is 2.78. The molecule has 1 aromatic heterocycles. The van der Waals surface area contributed by atoms with Gasteiger partial charge in [-0.3, -0.25) is 9.78 Å². The number of anilines is 1. The molecule has 2 aromatic carbocycles. The van der Waals surface area contributed by atoms with Crippen molar-refractivity contribution in [1.29, 1.82) is 0 Å². The van der Waals surface area contributed by atoms with Crippen LogP contribution in [0.1, 0.15) is 10.4 Å². The third-order valence-corrected chi connectivity index (χ3v) is 3.26. The summed E-state index contributed by atoms with van der Waals surface area (Å²) < 4.78 is 5.73. The Bertz CT molecular complexity index is 851. The smallest absolute Gasteiger partial charge is 0.408 e. The van der Waals surface area contributed by atoms with E-state index in [-0.39, 0.29) is 5.91 Å². The zero-order valence-corrected chi connectivity index (χ0v) is 11.7. The van der Waals surface area contributed by atoms with Crippen molar-refractivity contribution in [3.8, 4) is 0 Å². The number of fused-ring (bicyclic) bond motifs is 1. The highest BCUT2D eigenvalue weighted by molar-refractivity contribution is 9.10. The Morgan fingerprint density at radius 2 is 2.05 bits per heavy atom. The van der Waals surface area contributed by atoms with Gasteiger partial charge in [-0.05, 0) is 36.4 Å². The Morgan fingerprint density at radius 1 is 1.20 bits per heavy atom. The molecule has 5 nitrogen and oxygen atoms in total. The second-order valence-corrected chi connectivity index (χ2v) is 5.11. The molecule has 2 N–H and O–H groups in total. The number of H-pyrrole nitrogens is 1. The SMILES string of the molecule is O=C(Nc1ccc2oc(=O)[nH]c2c1)c1cccc(Br)c1. The van der Waals surface area contributed by atoms with Crippen LogP contribution in [0.15, 0.2) is 56.1 Å². The number of halogens is 1. The first-order chi connectivity index (χ1) is 9.61. The molecule has 0 aliphatic heterocycles. The maximum atomic E-state index is 12.1. The maximum Gasteiger partial charge on any atom is 0.417 e. The van der Waals surface area contributed by atoms with Crippen LogP contribution in [-0.2, 0) is 0 Å². The van der Waals surface area contributed by atoms with Crippen molar-refractivity contribution in [3.05, 3.63) is 63.1 Å². The fourth-order valence-electron chi connectivity index (χ4n) is 1.86. The van der Waals surface area contributed by atoms with Gasteiger partial charge in [0, 0.05) is 15.7 Å². The number of hydrogen-bond donors (Lipinski definition) is 2. The highest BCUT2D eigenvalue weighted by atomic mass is 79.9. The van der Waals surface area contributed by atoms with Crippen LogP contribution in [0.3, 0.4) is 0 Å². The quantitative estimate of drug-likeness (QED) is 0.757. The standard InChI is InChI=1S/C14H9BrN2O3/c15-9-3-1-2-8(6-9)13(18)16-10-4-5-12-11(7-10)17-14(19)20-12/h1-7H,(H,16,18)(H,17,19). The van der Waals surface area contributed by atoms with Crippen molar-refractivity contribution in [2.75, 3.05) is 5.32 Å². The molecule has 0 radical (unpaired) electrons. The Kier molecular flexibility index (Phi) is 3.15. The minimum absolute atomic E-state index is 0.225. The summed E-state index contributed by atoms with van der Waals surface area (Å²) in [5, 5.41) is 2.76. The molecule has 100 valence electrons. The number of benzene rings is 2. The van der Waals surface area contributed by atoms with Crippen molar-refractivity contribution in [2.24, 2.45) is 0 Å². The highest BCUT2D eigenvalue weighted by Crippen LogP contribution is 2.18. The molecule has 0 unspecified atom stereocenters. The van der Waals surface area contributed by atoms with Gasteiger partial charge in [0.1, 0.15) is 0 Å². The summed E-state index contributed by atoms with van der Waals surface area (Å²) in [5.41, 5.74) is 2.12. The fraction of sp³-hybridized carbons (Fsp3) is 0. The van der Waals surface area contributed by atoms with Crippen LogP contribution < -0.4 is 11.1 Å². The number of aromatic amines is 1. The van der Waals surface area contributed by atoms with Gasteiger partial charge in [-0.2, -0.15) is 0 Å². The molecule has 0 saturated carbocycles. The molecule has 3 aromatic rings. The van der Waals surface area contributed by atoms with Crippen molar-refractivity contribution < 1.29 is 9.21 Å². The van der Waals surface area contributed by atoms with E-state index in [4.69, 9.17) is 4.42 Å². The van der Waals surface area contributed by atoms with Crippen LogP contribution in [0, 0.1) is 0 Å². The monoisotopic (exact) mass is 332 g/mol. The van der Waals surface area contributed by atoms with Crippen LogP contribution in [0.2, 0.25) is 0 Å². The number of carbonyl (C=O) groups is 1. The molecule has 1 heterocycles. The summed E-state index contributed by atoms with van der Waals surface area (Å²) in [6, 6.07) is 12.0. The molecule has 0 spiro atoms. The Labute approximate surface area is 121 Å². The van der Waals surface area contributed by atoms with E-state index in [0.29, 0.717) is 22.4 Å². The first-order valence-corrected chi connectivity index (χ1v) is 6.61. The fourth-order valence-corrected chi connectivity index (χ4v) is 2.26. The largest absolute Gasteiger partial charge is 0.417 e. The zero-order chi connectivity index (χ0) is 14.1. The van der Waals surface area contributed by atoms with Gasteiger partial charge in [0.15, 0.2) is 5.58 Å². The lowest BCUT2D eigenvalue weighted by Gasteiger charge is -2.05. The summed E-state index contributed by atoms with van der Waals surface area (Å²) >= 11 is 3.32. The van der Waals surface area contributed by atoms with E-state index >= 15 is 0 Å². The molecule has 0 saturated heterocycles. The van der Waals surface area contributed by atoms with Gasteiger partial charge in [-0.15, -0.1) is 0 Å². The molecule has 0 fully saturated rings. The van der Waals surface area contributed by atoms with Gasteiger partial charge < -0.3 is 9.73 Å². The number of aromatic nitrogens is 1. The average molecular weight is 333 g/mol. The Hall–Kier alpha value is -2.34. The first-order valence-electron chi connectivity index (χ1n) is 5.81. The maximum absolute atomic E-state index is 12.1. The molecule has 20 heavy (non-hydrogen) atoms. The summed E-state index contributed by atoms with van der Waals surface area (Å²) in [7, 11) is 0. The van der Waals surface area contributed by atoms with Gasteiger partial charge in [0.05, 0.1) is 5.52 Å². The van der Waals surface area contributed by atoms with Gasteiger partial charge in [0.2, 0.25) is 0 Å². The van der Waals surface area contributed by atoms with Crippen molar-refractivity contribution in [3.63, 3.8) is 0 Å². The minimum Gasteiger partial charge on any atom is -0.408 e. The Morgan fingerprint density at radius 3 is 2.85 bits per heavy atom. The number of oxazole rings is 1. The van der Waals surface area contributed by atoms with E-state index in [1.54, 1.807) is 36.4 Å². The normalized spacial score (nSPS) is 10.7. The topological polar surface area (TPSA) is 75.1 Å². The van der Waals surface area contributed by atoms with Gasteiger partial charge >= 0.3 is 5.76 Å². The van der Waals surface area contributed by atoms with Crippen LogP contribution in [0.25, 0.3) is 11.1 Å². The second kappa shape index (κ2) is 4.97. The number of hydrogen-bond acceptors (Lipinski definition) is 3. The van der Waals surface area contributed by atoms with E-state index < -0.39 is 5.76 Å². The summed E-state index contributed by atoms with van der Waals surface area (Å²) in [5.74, 6) is -0.744. The van der Waals surface area contributed by atoms with E-state index in [1.807, 2.05) is 6.07 Å².